The zero-order valence-corrected chi connectivity index (χ0v) is 8.76. The number of hydrogen-bond acceptors (Lipinski definition) is 6. The van der Waals surface area contributed by atoms with Crippen molar-refractivity contribution in [3.63, 3.8) is 0 Å². The molecule has 0 aliphatic rings. The van der Waals surface area contributed by atoms with E-state index in [0.717, 1.165) is 6.26 Å². The molecule has 0 bridgehead atoms. The first-order chi connectivity index (χ1) is 6.56. The molecule has 1 N–H and O–H groups in total. The maximum atomic E-state index is 11.0. The average Bonchev–Trinajstić information content (AvgIpc) is 2.49. The molecule has 0 aromatic carbocycles. The maximum Gasteiger partial charge on any atom is 0.204 e. The van der Waals surface area contributed by atoms with E-state index in [2.05, 4.69) is 20.2 Å². The van der Waals surface area contributed by atoms with Crippen LogP contribution in [0.4, 0.5) is 0 Å². The minimum Gasteiger partial charge on any atom is -0.273 e. The molecule has 0 spiro atoms. The topological polar surface area (TPSA) is 88.6 Å². The van der Waals surface area contributed by atoms with Crippen molar-refractivity contribution in [3.8, 4) is 0 Å². The normalized spacial score (nSPS) is 12.1. The van der Waals surface area contributed by atoms with Gasteiger partial charge < -0.3 is 0 Å². The molecule has 74 valence electrons. The lowest BCUT2D eigenvalue weighted by atomic mass is 10.5. The zero-order chi connectivity index (χ0) is 10.2. The Morgan fingerprint density at radius 1 is 1.43 bits per heavy atom. The molecule has 0 saturated heterocycles. The van der Waals surface area contributed by atoms with Gasteiger partial charge >= 0.3 is 0 Å². The van der Waals surface area contributed by atoms with Gasteiger partial charge in [0.2, 0.25) is 8.87 Å². The third-order valence-corrected chi connectivity index (χ3v) is 3.59. The molecular formula is C6H6N4O2S2. The van der Waals surface area contributed by atoms with Crippen LogP contribution < -0.4 is 0 Å². The predicted octanol–water partition coefficient (Wildman–Crippen LogP) is 0.405. The summed E-state index contributed by atoms with van der Waals surface area (Å²) in [6.45, 7) is 0. The maximum absolute atomic E-state index is 11.0. The number of nitrogens with zero attached hydrogens (tertiary/aromatic N) is 3. The fraction of sp³-hybridized carbons (Fsp3) is 0.167. The van der Waals surface area contributed by atoms with E-state index in [0.29, 0.717) is 26.9 Å². The molecular weight excluding hydrogens is 224 g/mol. The van der Waals surface area contributed by atoms with Crippen molar-refractivity contribution < 1.29 is 8.42 Å². The smallest absolute Gasteiger partial charge is 0.204 e. The monoisotopic (exact) mass is 230 g/mol. The van der Waals surface area contributed by atoms with Gasteiger partial charge in [0.1, 0.15) is 22.4 Å². The number of aromatic nitrogens is 4. The van der Waals surface area contributed by atoms with E-state index >= 15 is 0 Å². The molecule has 0 atom stereocenters. The lowest BCUT2D eigenvalue weighted by Crippen LogP contribution is -1.92. The molecule has 2 rings (SSSR count). The van der Waals surface area contributed by atoms with E-state index < -0.39 is 8.87 Å². The van der Waals surface area contributed by atoms with Crippen molar-refractivity contribution in [2.24, 2.45) is 0 Å². The van der Waals surface area contributed by atoms with Gasteiger partial charge in [0.05, 0.1) is 6.20 Å². The van der Waals surface area contributed by atoms with Gasteiger partial charge in [0.15, 0.2) is 0 Å². The van der Waals surface area contributed by atoms with Gasteiger partial charge in [-0.05, 0) is 0 Å². The molecule has 2 aromatic rings. The Morgan fingerprint density at radius 3 is 2.93 bits per heavy atom. The summed E-state index contributed by atoms with van der Waals surface area (Å²) < 4.78 is 22.1. The molecule has 0 fully saturated rings. The van der Waals surface area contributed by atoms with Gasteiger partial charge in [-0.3, -0.25) is 5.10 Å². The van der Waals surface area contributed by atoms with Crippen LogP contribution in [0.5, 0.6) is 0 Å². The van der Waals surface area contributed by atoms with E-state index in [1.54, 1.807) is 0 Å². The van der Waals surface area contributed by atoms with Gasteiger partial charge in [0, 0.05) is 17.0 Å². The molecule has 0 aliphatic carbocycles. The number of nitrogens with one attached hydrogen (secondary N) is 1. The Kier molecular flexibility index (Phi) is 2.16. The minimum absolute atomic E-state index is 0.370. The number of fused-ring (bicyclic) bond motifs is 1. The first-order valence-electron chi connectivity index (χ1n) is 3.60. The second kappa shape index (κ2) is 3.21. The Morgan fingerprint density at radius 2 is 2.21 bits per heavy atom. The molecule has 0 unspecified atom stereocenters. The standard InChI is InChI=1S/C6H6N4O2S2/c1-14(11,12)13-6-5-4(2-9-10-5)7-3-8-6/h2-3H,1H3,(H,9,10). The van der Waals surface area contributed by atoms with Gasteiger partial charge in [-0.25, -0.2) is 18.4 Å². The Labute approximate surface area is 83.5 Å². The molecule has 8 heteroatoms. The highest BCUT2D eigenvalue weighted by molar-refractivity contribution is 8.71. The van der Waals surface area contributed by atoms with E-state index in [-0.39, 0.29) is 0 Å². The van der Waals surface area contributed by atoms with Gasteiger partial charge in [-0.15, -0.1) is 0 Å². The summed E-state index contributed by atoms with van der Waals surface area (Å²) in [6, 6.07) is 0. The number of H-pyrrole nitrogens is 1. The molecule has 2 heterocycles. The Hall–Kier alpha value is -1.15. The molecule has 0 saturated carbocycles. The van der Waals surface area contributed by atoms with Gasteiger partial charge in [-0.1, -0.05) is 0 Å². The molecule has 0 amide bonds. The second-order valence-corrected chi connectivity index (χ2v) is 6.87. The number of aromatic amines is 1. The predicted molar refractivity (Wildman–Crippen MR) is 52.4 cm³/mol. The molecule has 2 aromatic heterocycles. The molecule has 0 aliphatic heterocycles. The van der Waals surface area contributed by atoms with Gasteiger partial charge in [0.25, 0.3) is 0 Å². The summed E-state index contributed by atoms with van der Waals surface area (Å²) in [5, 5.41) is 6.78. The fourth-order valence-electron chi connectivity index (χ4n) is 0.950. The third-order valence-electron chi connectivity index (χ3n) is 1.44. The average molecular weight is 230 g/mol. The number of hydrogen-bond donors (Lipinski definition) is 1. The minimum atomic E-state index is -3.17. The van der Waals surface area contributed by atoms with Crippen LogP contribution in [0.3, 0.4) is 0 Å². The highest BCUT2D eigenvalue weighted by Crippen LogP contribution is 2.25. The van der Waals surface area contributed by atoms with Crippen molar-refractivity contribution in [2.75, 3.05) is 6.26 Å². The summed E-state index contributed by atoms with van der Waals surface area (Å²) in [5.74, 6) is 0. The van der Waals surface area contributed by atoms with Crippen molar-refractivity contribution in [3.05, 3.63) is 12.5 Å². The van der Waals surface area contributed by atoms with Crippen LogP contribution in [0.25, 0.3) is 11.0 Å². The van der Waals surface area contributed by atoms with Crippen LogP contribution in [0.15, 0.2) is 17.6 Å². The van der Waals surface area contributed by atoms with Crippen LogP contribution in [-0.4, -0.2) is 34.8 Å². The summed E-state index contributed by atoms with van der Waals surface area (Å²) in [4.78, 5) is 7.78. The fourth-order valence-corrected chi connectivity index (χ4v) is 2.80. The third kappa shape index (κ3) is 1.85. The van der Waals surface area contributed by atoms with E-state index in [1.807, 2.05) is 0 Å². The SMILES string of the molecule is CS(=O)(=O)Sc1ncnc2cn[nH]c12. The van der Waals surface area contributed by atoms with Crippen molar-refractivity contribution in [1.82, 2.24) is 20.2 Å². The van der Waals surface area contributed by atoms with Crippen LogP contribution >= 0.6 is 10.8 Å². The van der Waals surface area contributed by atoms with Crippen molar-refractivity contribution in [1.29, 1.82) is 0 Å². The van der Waals surface area contributed by atoms with Crippen molar-refractivity contribution in [2.45, 2.75) is 5.03 Å². The molecule has 6 nitrogen and oxygen atoms in total. The summed E-state index contributed by atoms with van der Waals surface area (Å²) in [5.41, 5.74) is 1.15. The van der Waals surface area contributed by atoms with Crippen LogP contribution in [0.1, 0.15) is 0 Å². The van der Waals surface area contributed by atoms with Gasteiger partial charge in [-0.2, -0.15) is 5.10 Å². The van der Waals surface area contributed by atoms with Crippen LogP contribution in [0.2, 0.25) is 0 Å². The molecule has 0 radical (unpaired) electrons. The zero-order valence-electron chi connectivity index (χ0n) is 7.13. The lowest BCUT2D eigenvalue weighted by molar-refractivity contribution is 0.615. The highest BCUT2D eigenvalue weighted by Gasteiger charge is 2.12. The van der Waals surface area contributed by atoms with Crippen molar-refractivity contribution >= 4 is 30.7 Å². The first-order valence-corrected chi connectivity index (χ1v) is 6.82. The molecule has 14 heavy (non-hydrogen) atoms. The summed E-state index contributed by atoms with van der Waals surface area (Å²) in [6.07, 6.45) is 3.96. The second-order valence-electron chi connectivity index (χ2n) is 2.60. The lowest BCUT2D eigenvalue weighted by Gasteiger charge is -1.97. The largest absolute Gasteiger partial charge is 0.273 e. The number of rotatable bonds is 2. The van der Waals surface area contributed by atoms with Crippen LogP contribution in [-0.2, 0) is 8.87 Å². The Bertz CT molecular complexity index is 562. The van der Waals surface area contributed by atoms with E-state index in [1.165, 1.54) is 12.5 Å². The van der Waals surface area contributed by atoms with Crippen LogP contribution in [0, 0.1) is 0 Å². The highest BCUT2D eigenvalue weighted by atomic mass is 33.1. The van der Waals surface area contributed by atoms with E-state index in [4.69, 9.17) is 0 Å². The van der Waals surface area contributed by atoms with E-state index in [9.17, 15) is 8.42 Å². The first kappa shape index (κ1) is 9.41. The summed E-state index contributed by atoms with van der Waals surface area (Å²) in [7, 11) is -2.48. The quantitative estimate of drug-likeness (QED) is 0.593. The summed E-state index contributed by atoms with van der Waals surface area (Å²) >= 11 is 0. The Balaban J connectivity index is 2.57.